The first-order valence-electron chi connectivity index (χ1n) is 8.06. The van der Waals surface area contributed by atoms with E-state index >= 15 is 0 Å². The molecule has 0 aromatic carbocycles. The van der Waals surface area contributed by atoms with E-state index in [4.69, 9.17) is 4.74 Å². The van der Waals surface area contributed by atoms with Crippen molar-refractivity contribution in [2.45, 2.75) is 58.3 Å². The van der Waals surface area contributed by atoms with Crippen molar-refractivity contribution in [3.05, 3.63) is 12.2 Å². The molecule has 0 bridgehead atoms. The fourth-order valence-corrected chi connectivity index (χ4v) is 4.28. The largest absolute Gasteiger partial charge is 0.380 e. The first-order chi connectivity index (χ1) is 8.81. The number of allylic oxidation sites excluding steroid dienone is 2. The molecule has 1 nitrogen and oxygen atoms in total. The summed E-state index contributed by atoms with van der Waals surface area (Å²) in [6, 6.07) is 0. The van der Waals surface area contributed by atoms with Gasteiger partial charge in [0.1, 0.15) is 0 Å². The first kappa shape index (κ1) is 12.7. The third-order valence-electron chi connectivity index (χ3n) is 5.86. The minimum absolute atomic E-state index is 0.576. The van der Waals surface area contributed by atoms with E-state index in [9.17, 15) is 0 Å². The average molecular weight is 248 g/mol. The normalized spacial score (nSPS) is 37.3. The van der Waals surface area contributed by atoms with Gasteiger partial charge in [-0.3, -0.25) is 0 Å². The van der Waals surface area contributed by atoms with E-state index in [1.54, 1.807) is 0 Å². The average Bonchev–Trinajstić information content (AvgIpc) is 2.80. The van der Waals surface area contributed by atoms with Gasteiger partial charge in [-0.15, -0.1) is 0 Å². The molecule has 3 unspecified atom stereocenters. The lowest BCUT2D eigenvalue weighted by molar-refractivity contribution is -0.120. The van der Waals surface area contributed by atoms with Crippen molar-refractivity contribution in [1.29, 1.82) is 0 Å². The van der Waals surface area contributed by atoms with Crippen LogP contribution >= 0.6 is 0 Å². The molecule has 0 radical (unpaired) electrons. The lowest BCUT2D eigenvalue weighted by Crippen LogP contribution is -2.41. The molecule has 18 heavy (non-hydrogen) atoms. The molecule has 2 fully saturated rings. The van der Waals surface area contributed by atoms with Crippen LogP contribution in [0.1, 0.15) is 58.3 Å². The summed E-state index contributed by atoms with van der Waals surface area (Å²) in [4.78, 5) is 0. The number of hydrogen-bond acceptors (Lipinski definition) is 1. The van der Waals surface area contributed by atoms with Crippen LogP contribution in [0.3, 0.4) is 0 Å². The topological polar surface area (TPSA) is 9.23 Å². The van der Waals surface area contributed by atoms with Crippen molar-refractivity contribution < 1.29 is 4.74 Å². The standard InChI is InChI=1S/C17H28O/c1-2-17(12-18-13-17)10-4-5-14-8-9-15-6-3-7-16(15)11-14/h3,6,14-16H,2,4-5,7-13H2,1H3. The number of fused-ring (bicyclic) bond motifs is 1. The van der Waals surface area contributed by atoms with Crippen LogP contribution < -0.4 is 0 Å². The van der Waals surface area contributed by atoms with Crippen molar-refractivity contribution in [2.24, 2.45) is 23.2 Å². The summed E-state index contributed by atoms with van der Waals surface area (Å²) in [5.41, 5.74) is 0.576. The summed E-state index contributed by atoms with van der Waals surface area (Å²) >= 11 is 0. The van der Waals surface area contributed by atoms with Crippen LogP contribution in [0.25, 0.3) is 0 Å². The highest BCUT2D eigenvalue weighted by molar-refractivity contribution is 5.03. The van der Waals surface area contributed by atoms with Gasteiger partial charge in [0.15, 0.2) is 0 Å². The van der Waals surface area contributed by atoms with Crippen molar-refractivity contribution in [3.63, 3.8) is 0 Å². The maximum Gasteiger partial charge on any atom is 0.0544 e. The van der Waals surface area contributed by atoms with Crippen LogP contribution in [0.5, 0.6) is 0 Å². The highest BCUT2D eigenvalue weighted by atomic mass is 16.5. The van der Waals surface area contributed by atoms with Crippen molar-refractivity contribution in [2.75, 3.05) is 13.2 Å². The molecule has 102 valence electrons. The molecular formula is C17H28O. The van der Waals surface area contributed by atoms with Gasteiger partial charge < -0.3 is 4.74 Å². The summed E-state index contributed by atoms with van der Waals surface area (Å²) < 4.78 is 5.42. The zero-order valence-electron chi connectivity index (χ0n) is 11.9. The van der Waals surface area contributed by atoms with Gasteiger partial charge in [0, 0.05) is 5.41 Å². The lowest BCUT2D eigenvalue weighted by atomic mass is 9.72. The third kappa shape index (κ3) is 2.52. The van der Waals surface area contributed by atoms with Crippen LogP contribution in [0.2, 0.25) is 0 Å². The summed E-state index contributed by atoms with van der Waals surface area (Å²) in [6.45, 7) is 4.39. The molecule has 2 aliphatic carbocycles. The minimum atomic E-state index is 0.576. The third-order valence-corrected chi connectivity index (χ3v) is 5.86. The van der Waals surface area contributed by atoms with Crippen molar-refractivity contribution >= 4 is 0 Å². The van der Waals surface area contributed by atoms with Gasteiger partial charge in [0.2, 0.25) is 0 Å². The molecule has 0 aromatic rings. The van der Waals surface area contributed by atoms with Crippen LogP contribution in [0, 0.1) is 23.2 Å². The van der Waals surface area contributed by atoms with E-state index in [2.05, 4.69) is 19.1 Å². The lowest BCUT2D eigenvalue weighted by Gasteiger charge is -2.41. The van der Waals surface area contributed by atoms with Gasteiger partial charge in [-0.25, -0.2) is 0 Å². The zero-order valence-corrected chi connectivity index (χ0v) is 11.9. The fourth-order valence-electron chi connectivity index (χ4n) is 4.28. The van der Waals surface area contributed by atoms with Gasteiger partial charge in [-0.05, 0) is 56.3 Å². The Balaban J connectivity index is 1.39. The second-order valence-corrected chi connectivity index (χ2v) is 7.01. The Morgan fingerprint density at radius 3 is 2.89 bits per heavy atom. The quantitative estimate of drug-likeness (QED) is 0.647. The second kappa shape index (κ2) is 5.36. The molecule has 1 aliphatic heterocycles. The van der Waals surface area contributed by atoms with E-state index in [0.29, 0.717) is 5.41 Å². The monoisotopic (exact) mass is 248 g/mol. The van der Waals surface area contributed by atoms with E-state index < -0.39 is 0 Å². The highest BCUT2D eigenvalue weighted by Crippen LogP contribution is 2.43. The summed E-state index contributed by atoms with van der Waals surface area (Å²) in [6.07, 6.45) is 16.4. The molecule has 1 heteroatoms. The van der Waals surface area contributed by atoms with Gasteiger partial charge in [0.05, 0.1) is 13.2 Å². The van der Waals surface area contributed by atoms with E-state index in [1.807, 2.05) is 0 Å². The maximum absolute atomic E-state index is 5.42. The van der Waals surface area contributed by atoms with Gasteiger partial charge in [-0.2, -0.15) is 0 Å². The SMILES string of the molecule is CCC1(CCCC2CCC3C=CCC3C2)COC1. The Morgan fingerprint density at radius 1 is 1.28 bits per heavy atom. The summed E-state index contributed by atoms with van der Waals surface area (Å²) in [5.74, 6) is 2.99. The first-order valence-corrected chi connectivity index (χ1v) is 8.06. The Bertz CT molecular complexity index is 297. The Morgan fingerprint density at radius 2 is 2.17 bits per heavy atom. The van der Waals surface area contributed by atoms with Gasteiger partial charge >= 0.3 is 0 Å². The highest BCUT2D eigenvalue weighted by Gasteiger charge is 2.36. The van der Waals surface area contributed by atoms with Crippen molar-refractivity contribution in [3.8, 4) is 0 Å². The maximum atomic E-state index is 5.42. The van der Waals surface area contributed by atoms with Crippen molar-refractivity contribution in [1.82, 2.24) is 0 Å². The molecule has 0 amide bonds. The van der Waals surface area contributed by atoms with E-state index in [-0.39, 0.29) is 0 Å². The minimum Gasteiger partial charge on any atom is -0.380 e. The molecule has 0 N–H and O–H groups in total. The molecule has 0 spiro atoms. The number of rotatable bonds is 5. The second-order valence-electron chi connectivity index (χ2n) is 7.01. The molecule has 0 aromatic heterocycles. The van der Waals surface area contributed by atoms with E-state index in [0.717, 1.165) is 31.0 Å². The number of ether oxygens (including phenoxy) is 1. The molecule has 3 aliphatic rings. The predicted octanol–water partition coefficient (Wildman–Crippen LogP) is 4.58. The molecule has 1 heterocycles. The van der Waals surface area contributed by atoms with Crippen LogP contribution in [-0.4, -0.2) is 13.2 Å². The van der Waals surface area contributed by atoms with Crippen LogP contribution in [0.15, 0.2) is 12.2 Å². The molecule has 3 rings (SSSR count). The smallest absolute Gasteiger partial charge is 0.0544 e. The van der Waals surface area contributed by atoms with E-state index in [1.165, 1.54) is 51.4 Å². The molecule has 3 atom stereocenters. The Kier molecular flexibility index (Phi) is 3.79. The summed E-state index contributed by atoms with van der Waals surface area (Å²) in [5, 5.41) is 0. The van der Waals surface area contributed by atoms with Gasteiger partial charge in [-0.1, -0.05) is 31.9 Å². The molecular weight excluding hydrogens is 220 g/mol. The fraction of sp³-hybridized carbons (Fsp3) is 0.882. The Hall–Kier alpha value is -0.300. The zero-order chi connectivity index (χ0) is 12.4. The van der Waals surface area contributed by atoms with Gasteiger partial charge in [0.25, 0.3) is 0 Å². The number of hydrogen-bond donors (Lipinski definition) is 0. The van der Waals surface area contributed by atoms with Crippen LogP contribution in [0.4, 0.5) is 0 Å². The summed E-state index contributed by atoms with van der Waals surface area (Å²) in [7, 11) is 0. The molecule has 1 saturated heterocycles. The Labute approximate surface area is 112 Å². The predicted molar refractivity (Wildman–Crippen MR) is 75.5 cm³/mol. The van der Waals surface area contributed by atoms with Crippen LogP contribution in [-0.2, 0) is 4.74 Å². The molecule has 1 saturated carbocycles.